The molecule has 2 heterocycles. The van der Waals surface area contributed by atoms with Crippen molar-refractivity contribution in [1.82, 2.24) is 25.7 Å². The molecule has 2 fully saturated rings. The summed E-state index contributed by atoms with van der Waals surface area (Å²) in [5, 5.41) is 9.94. The maximum Gasteiger partial charge on any atom is 0.238 e. The van der Waals surface area contributed by atoms with Gasteiger partial charge in [-0.25, -0.2) is 0 Å². The molecule has 1 aliphatic carbocycles. The van der Waals surface area contributed by atoms with Crippen molar-refractivity contribution in [3.05, 3.63) is 11.7 Å². The number of carbonyl (C=O) groups is 1. The highest BCUT2D eigenvalue weighted by molar-refractivity contribution is 5.81. The molecule has 0 aromatic carbocycles. The SMILES string of the molecule is CNC(=O)C1CNCCN1Cc1noc(C2CC2)n1. The van der Waals surface area contributed by atoms with Gasteiger partial charge in [0, 0.05) is 32.6 Å². The zero-order valence-corrected chi connectivity index (χ0v) is 11.1. The molecule has 2 aliphatic rings. The lowest BCUT2D eigenvalue weighted by Crippen LogP contribution is -2.57. The Balaban J connectivity index is 1.66. The molecule has 7 nitrogen and oxygen atoms in total. The molecule has 104 valence electrons. The molecule has 1 saturated carbocycles. The number of carbonyl (C=O) groups excluding carboxylic acids is 1. The van der Waals surface area contributed by atoms with Crippen LogP contribution in [0.4, 0.5) is 0 Å². The molecule has 1 aromatic rings. The Bertz CT molecular complexity index is 457. The highest BCUT2D eigenvalue weighted by Gasteiger charge is 2.32. The molecular formula is C12H19N5O2. The smallest absolute Gasteiger partial charge is 0.238 e. The Morgan fingerprint density at radius 3 is 3.16 bits per heavy atom. The fourth-order valence-electron chi connectivity index (χ4n) is 2.37. The van der Waals surface area contributed by atoms with Crippen LogP contribution in [0.5, 0.6) is 0 Å². The van der Waals surface area contributed by atoms with Crippen LogP contribution in [0.1, 0.15) is 30.5 Å². The van der Waals surface area contributed by atoms with Gasteiger partial charge in [-0.15, -0.1) is 0 Å². The van der Waals surface area contributed by atoms with Gasteiger partial charge in [-0.1, -0.05) is 5.16 Å². The standard InChI is InChI=1S/C12H19N5O2/c1-13-11(18)9-6-14-4-5-17(9)7-10-15-12(19-16-10)8-2-3-8/h8-9,14H,2-7H2,1H3,(H,13,18). The number of likely N-dealkylation sites (N-methyl/N-ethyl adjacent to an activating group) is 1. The van der Waals surface area contributed by atoms with Gasteiger partial charge in [0.25, 0.3) is 0 Å². The molecule has 0 radical (unpaired) electrons. The Kier molecular flexibility index (Phi) is 3.48. The summed E-state index contributed by atoms with van der Waals surface area (Å²) in [5.74, 6) is 1.93. The van der Waals surface area contributed by atoms with Gasteiger partial charge >= 0.3 is 0 Å². The third-order valence-electron chi connectivity index (χ3n) is 3.66. The number of nitrogens with zero attached hydrogens (tertiary/aromatic N) is 3. The van der Waals surface area contributed by atoms with Gasteiger partial charge in [0.05, 0.1) is 6.54 Å². The highest BCUT2D eigenvalue weighted by Crippen LogP contribution is 2.38. The molecular weight excluding hydrogens is 246 g/mol. The summed E-state index contributed by atoms with van der Waals surface area (Å²) >= 11 is 0. The van der Waals surface area contributed by atoms with Crippen LogP contribution in [0.2, 0.25) is 0 Å². The second-order valence-corrected chi connectivity index (χ2v) is 5.13. The number of piperazine rings is 1. The van der Waals surface area contributed by atoms with E-state index in [9.17, 15) is 4.79 Å². The molecule has 2 N–H and O–H groups in total. The second kappa shape index (κ2) is 5.26. The molecule has 3 rings (SSSR count). The Morgan fingerprint density at radius 2 is 2.42 bits per heavy atom. The lowest BCUT2D eigenvalue weighted by molar-refractivity contribution is -0.126. The van der Waals surface area contributed by atoms with Crippen LogP contribution in [-0.4, -0.2) is 53.7 Å². The third kappa shape index (κ3) is 2.76. The maximum absolute atomic E-state index is 11.8. The van der Waals surface area contributed by atoms with Gasteiger partial charge in [-0.2, -0.15) is 4.98 Å². The van der Waals surface area contributed by atoms with E-state index in [0.29, 0.717) is 24.8 Å². The van der Waals surface area contributed by atoms with Gasteiger partial charge in [0.1, 0.15) is 6.04 Å². The van der Waals surface area contributed by atoms with Crippen LogP contribution < -0.4 is 10.6 Å². The minimum atomic E-state index is -0.165. The van der Waals surface area contributed by atoms with Crippen LogP contribution >= 0.6 is 0 Å². The number of hydrogen-bond acceptors (Lipinski definition) is 6. The largest absolute Gasteiger partial charge is 0.358 e. The number of amides is 1. The molecule has 0 spiro atoms. The third-order valence-corrected chi connectivity index (χ3v) is 3.66. The van der Waals surface area contributed by atoms with E-state index < -0.39 is 0 Å². The average Bonchev–Trinajstić information content (AvgIpc) is 3.19. The fraction of sp³-hybridized carbons (Fsp3) is 0.750. The first-order valence-electron chi connectivity index (χ1n) is 6.77. The van der Waals surface area contributed by atoms with Crippen molar-refractivity contribution >= 4 is 5.91 Å². The van der Waals surface area contributed by atoms with E-state index in [1.165, 1.54) is 0 Å². The molecule has 1 saturated heterocycles. The van der Waals surface area contributed by atoms with Crippen molar-refractivity contribution in [3.63, 3.8) is 0 Å². The molecule has 1 unspecified atom stereocenters. The minimum Gasteiger partial charge on any atom is -0.358 e. The number of hydrogen-bond donors (Lipinski definition) is 2. The van der Waals surface area contributed by atoms with E-state index in [4.69, 9.17) is 4.52 Å². The second-order valence-electron chi connectivity index (χ2n) is 5.13. The van der Waals surface area contributed by atoms with Gasteiger partial charge < -0.3 is 15.2 Å². The van der Waals surface area contributed by atoms with Crippen molar-refractivity contribution in [2.24, 2.45) is 0 Å². The summed E-state index contributed by atoms with van der Waals surface area (Å²) < 4.78 is 5.25. The Hall–Kier alpha value is -1.47. The number of rotatable bonds is 4. The summed E-state index contributed by atoms with van der Waals surface area (Å²) in [6.07, 6.45) is 2.30. The highest BCUT2D eigenvalue weighted by atomic mass is 16.5. The molecule has 1 amide bonds. The lowest BCUT2D eigenvalue weighted by Gasteiger charge is -2.33. The topological polar surface area (TPSA) is 83.3 Å². The molecule has 1 aliphatic heterocycles. The first-order chi connectivity index (χ1) is 9.28. The Labute approximate surface area is 111 Å². The van der Waals surface area contributed by atoms with Crippen molar-refractivity contribution < 1.29 is 9.32 Å². The van der Waals surface area contributed by atoms with Crippen LogP contribution in [-0.2, 0) is 11.3 Å². The zero-order chi connectivity index (χ0) is 13.2. The summed E-state index contributed by atoms with van der Waals surface area (Å²) in [6, 6.07) is -0.165. The molecule has 1 atom stereocenters. The molecule has 1 aromatic heterocycles. The fourth-order valence-corrected chi connectivity index (χ4v) is 2.37. The van der Waals surface area contributed by atoms with Crippen molar-refractivity contribution in [2.75, 3.05) is 26.7 Å². The van der Waals surface area contributed by atoms with E-state index in [-0.39, 0.29) is 11.9 Å². The zero-order valence-electron chi connectivity index (χ0n) is 11.1. The summed E-state index contributed by atoms with van der Waals surface area (Å²) in [4.78, 5) is 18.3. The predicted octanol–water partition coefficient (Wildman–Crippen LogP) is -0.533. The van der Waals surface area contributed by atoms with Gasteiger partial charge in [-0.3, -0.25) is 9.69 Å². The van der Waals surface area contributed by atoms with E-state index in [0.717, 1.165) is 31.8 Å². The van der Waals surface area contributed by atoms with Crippen molar-refractivity contribution in [2.45, 2.75) is 31.3 Å². The van der Waals surface area contributed by atoms with Crippen molar-refractivity contribution in [3.8, 4) is 0 Å². The number of aromatic nitrogens is 2. The van der Waals surface area contributed by atoms with E-state index >= 15 is 0 Å². The predicted molar refractivity (Wildman–Crippen MR) is 67.4 cm³/mol. The van der Waals surface area contributed by atoms with E-state index in [1.54, 1.807) is 7.05 Å². The molecule has 0 bridgehead atoms. The van der Waals surface area contributed by atoms with Crippen LogP contribution in [0.15, 0.2) is 4.52 Å². The summed E-state index contributed by atoms with van der Waals surface area (Å²) in [5.41, 5.74) is 0. The normalized spacial score (nSPS) is 24.4. The lowest BCUT2D eigenvalue weighted by atomic mass is 10.1. The van der Waals surface area contributed by atoms with E-state index in [2.05, 4.69) is 25.7 Å². The van der Waals surface area contributed by atoms with Crippen LogP contribution in [0.3, 0.4) is 0 Å². The van der Waals surface area contributed by atoms with Crippen LogP contribution in [0.25, 0.3) is 0 Å². The monoisotopic (exact) mass is 265 g/mol. The van der Waals surface area contributed by atoms with Gasteiger partial charge in [0.2, 0.25) is 11.8 Å². The summed E-state index contributed by atoms with van der Waals surface area (Å²) in [6.45, 7) is 2.91. The van der Waals surface area contributed by atoms with E-state index in [1.807, 2.05) is 0 Å². The summed E-state index contributed by atoms with van der Waals surface area (Å²) in [7, 11) is 1.66. The minimum absolute atomic E-state index is 0.0260. The first-order valence-corrected chi connectivity index (χ1v) is 6.77. The quantitative estimate of drug-likeness (QED) is 0.761. The molecule has 19 heavy (non-hydrogen) atoms. The average molecular weight is 265 g/mol. The van der Waals surface area contributed by atoms with Crippen molar-refractivity contribution in [1.29, 1.82) is 0 Å². The van der Waals surface area contributed by atoms with Gasteiger partial charge in [0.15, 0.2) is 5.82 Å². The maximum atomic E-state index is 11.8. The van der Waals surface area contributed by atoms with Crippen LogP contribution in [0, 0.1) is 0 Å². The molecule has 7 heteroatoms. The Morgan fingerprint density at radius 1 is 1.58 bits per heavy atom. The van der Waals surface area contributed by atoms with Gasteiger partial charge in [-0.05, 0) is 12.8 Å². The number of nitrogens with one attached hydrogen (secondary N) is 2. The first kappa shape index (κ1) is 12.6.